The minimum Gasteiger partial charge on any atom is -0.507 e. The number of nitrogens with two attached hydrogens (primary N) is 1. The zero-order valence-corrected chi connectivity index (χ0v) is 22.5. The molecule has 2 aromatic heterocycles. The SMILES string of the molecule is C/C(=C\c1sc(Oc2cc(F)c(F)c(F)c2)nc1Cl)C(=O)c1c(O)cc(CCC/C=C/CN)oc1=O.CCl. The van der Waals surface area contributed by atoms with Crippen molar-refractivity contribution in [1.29, 1.82) is 0 Å². The second kappa shape index (κ2) is 14.7. The van der Waals surface area contributed by atoms with E-state index < -0.39 is 40.2 Å². The fraction of sp³-hybridized carbons (Fsp3) is 0.240. The van der Waals surface area contributed by atoms with Gasteiger partial charge in [-0.3, -0.25) is 4.79 Å². The number of ketones is 1. The smallest absolute Gasteiger partial charge is 0.351 e. The van der Waals surface area contributed by atoms with Gasteiger partial charge >= 0.3 is 5.63 Å². The van der Waals surface area contributed by atoms with Gasteiger partial charge in [0.1, 0.15) is 22.8 Å². The fourth-order valence-electron chi connectivity index (χ4n) is 3.05. The van der Waals surface area contributed by atoms with E-state index in [-0.39, 0.29) is 32.3 Å². The Balaban J connectivity index is 0.00000247. The fourth-order valence-corrected chi connectivity index (χ4v) is 4.17. The number of ether oxygens (including phenoxy) is 1. The zero-order valence-electron chi connectivity index (χ0n) is 20.2. The molecule has 0 atom stereocenters. The van der Waals surface area contributed by atoms with Gasteiger partial charge in [-0.1, -0.05) is 35.1 Å². The first kappa shape index (κ1) is 31.1. The van der Waals surface area contributed by atoms with Crippen LogP contribution in [0.3, 0.4) is 0 Å². The number of aromatic nitrogens is 1. The quantitative estimate of drug-likeness (QED) is 0.0678. The molecule has 3 rings (SSSR count). The summed E-state index contributed by atoms with van der Waals surface area (Å²) in [7, 11) is 0. The average molecular weight is 591 g/mol. The highest BCUT2D eigenvalue weighted by molar-refractivity contribution is 7.14. The Hall–Kier alpha value is -3.12. The molecule has 0 aliphatic heterocycles. The molecule has 0 saturated carbocycles. The number of allylic oxidation sites excluding steroid dienone is 2. The Morgan fingerprint density at radius 1 is 1.21 bits per heavy atom. The summed E-state index contributed by atoms with van der Waals surface area (Å²) in [6.45, 7) is 1.81. The van der Waals surface area contributed by atoms with Crippen molar-refractivity contribution in [3.63, 3.8) is 0 Å². The molecule has 3 aromatic rings. The summed E-state index contributed by atoms with van der Waals surface area (Å²) in [5, 5.41) is 10.1. The van der Waals surface area contributed by atoms with Gasteiger partial charge in [-0.05, 0) is 31.4 Å². The molecule has 2 heterocycles. The third-order valence-corrected chi connectivity index (χ3v) is 6.04. The van der Waals surface area contributed by atoms with Crippen molar-refractivity contribution in [1.82, 2.24) is 4.98 Å². The van der Waals surface area contributed by atoms with E-state index in [2.05, 4.69) is 16.6 Å². The van der Waals surface area contributed by atoms with Gasteiger partial charge < -0.3 is 20.0 Å². The van der Waals surface area contributed by atoms with Crippen LogP contribution < -0.4 is 16.1 Å². The maximum atomic E-state index is 13.4. The maximum absolute atomic E-state index is 13.4. The van der Waals surface area contributed by atoms with Crippen molar-refractivity contribution < 1.29 is 32.2 Å². The molecule has 0 spiro atoms. The molecule has 0 fully saturated rings. The number of alkyl halides is 1. The largest absolute Gasteiger partial charge is 0.507 e. The van der Waals surface area contributed by atoms with Gasteiger partial charge in [0.05, 0.1) is 4.88 Å². The van der Waals surface area contributed by atoms with E-state index in [1.54, 1.807) is 6.08 Å². The molecule has 0 unspecified atom stereocenters. The summed E-state index contributed by atoms with van der Waals surface area (Å²) in [5.41, 5.74) is 3.86. The Morgan fingerprint density at radius 3 is 2.47 bits per heavy atom. The van der Waals surface area contributed by atoms with Crippen molar-refractivity contribution in [2.24, 2.45) is 5.73 Å². The molecule has 3 N–H and O–H groups in total. The first-order chi connectivity index (χ1) is 18.1. The van der Waals surface area contributed by atoms with Crippen LogP contribution in [0.15, 0.2) is 45.1 Å². The van der Waals surface area contributed by atoms with Gasteiger partial charge in [0.25, 0.3) is 5.19 Å². The number of carbonyl (C=O) groups excluding carboxylic acids is 1. The summed E-state index contributed by atoms with van der Waals surface area (Å²) < 4.78 is 50.3. The number of Topliss-reactive ketones (excluding diaryl/α,β-unsaturated/α-hetero) is 1. The number of hydrogen-bond acceptors (Lipinski definition) is 8. The van der Waals surface area contributed by atoms with E-state index in [0.29, 0.717) is 37.9 Å². The number of rotatable bonds is 10. The maximum Gasteiger partial charge on any atom is 0.351 e. The summed E-state index contributed by atoms with van der Waals surface area (Å²) >= 11 is 11.5. The van der Waals surface area contributed by atoms with E-state index in [4.69, 9.17) is 26.5 Å². The minimum absolute atomic E-state index is 0.0215. The monoisotopic (exact) mass is 590 g/mol. The Kier molecular flexibility index (Phi) is 12.0. The van der Waals surface area contributed by atoms with Crippen molar-refractivity contribution in [3.05, 3.63) is 85.1 Å². The van der Waals surface area contributed by atoms with E-state index in [0.717, 1.165) is 11.3 Å². The predicted octanol–water partition coefficient (Wildman–Crippen LogP) is 6.64. The standard InChI is InChI=1S/C24H20ClF3N2O5S.CH3Cl/c1-12(21(32)19-17(31)11-13(34-23(19)33)6-4-2-3-5-7-29)8-18-22(25)30-24(36-18)35-14-9-15(26)20(28)16(27)10-14;1-2/h3,5,8-11,31H,2,4,6-7,29H2,1H3;1H3/b5-3+,12-8+;. The van der Waals surface area contributed by atoms with E-state index in [1.807, 2.05) is 6.08 Å². The van der Waals surface area contributed by atoms with Crippen LogP contribution in [0.1, 0.15) is 40.8 Å². The first-order valence-electron chi connectivity index (χ1n) is 10.9. The summed E-state index contributed by atoms with van der Waals surface area (Å²) in [6.07, 6.45) is 8.20. The number of unbranched alkanes of at least 4 members (excludes halogenated alkanes) is 1. The third-order valence-electron chi connectivity index (χ3n) is 4.76. The Morgan fingerprint density at radius 2 is 1.87 bits per heavy atom. The molecule has 7 nitrogen and oxygen atoms in total. The molecule has 0 bridgehead atoms. The Bertz CT molecular complexity index is 1380. The topological polar surface area (TPSA) is 116 Å². The summed E-state index contributed by atoms with van der Waals surface area (Å²) in [5.74, 6) is -5.96. The lowest BCUT2D eigenvalue weighted by molar-refractivity contribution is 0.102. The summed E-state index contributed by atoms with van der Waals surface area (Å²) in [6, 6.07) is 2.50. The van der Waals surface area contributed by atoms with Gasteiger partial charge in [-0.2, -0.15) is 4.98 Å². The lowest BCUT2D eigenvalue weighted by atomic mass is 10.0. The van der Waals surface area contributed by atoms with E-state index in [1.165, 1.54) is 25.4 Å². The first-order valence-corrected chi connectivity index (χ1v) is 12.9. The summed E-state index contributed by atoms with van der Waals surface area (Å²) in [4.78, 5) is 29.4. The van der Waals surface area contributed by atoms with Gasteiger partial charge in [-0.15, -0.1) is 11.6 Å². The number of thiazole rings is 1. The van der Waals surface area contributed by atoms with Crippen LogP contribution in [0, 0.1) is 17.5 Å². The highest BCUT2D eigenvalue weighted by Gasteiger charge is 2.22. The average Bonchev–Trinajstić information content (AvgIpc) is 3.21. The molecule has 0 radical (unpaired) electrons. The molecule has 0 aliphatic rings. The molecular formula is C25H23Cl2F3N2O5S. The second-order valence-corrected chi connectivity index (χ2v) is 8.81. The number of benzene rings is 1. The van der Waals surface area contributed by atoms with Gasteiger partial charge in [0, 0.05) is 37.5 Å². The zero-order chi connectivity index (χ0) is 28.4. The second-order valence-electron chi connectivity index (χ2n) is 7.45. The van der Waals surface area contributed by atoms with E-state index in [9.17, 15) is 27.9 Å². The molecule has 13 heteroatoms. The lowest BCUT2D eigenvalue weighted by Gasteiger charge is -2.05. The molecule has 0 aliphatic carbocycles. The van der Waals surface area contributed by atoms with Crippen molar-refractivity contribution in [2.75, 3.05) is 12.9 Å². The van der Waals surface area contributed by atoms with Gasteiger partial charge in [0.2, 0.25) is 0 Å². The number of halogens is 5. The van der Waals surface area contributed by atoms with Crippen LogP contribution in [-0.4, -0.2) is 28.8 Å². The molecule has 1 aromatic carbocycles. The van der Waals surface area contributed by atoms with Crippen LogP contribution in [0.5, 0.6) is 16.7 Å². The molecule has 204 valence electrons. The minimum atomic E-state index is -1.64. The molecule has 0 amide bonds. The van der Waals surface area contributed by atoms with Gasteiger partial charge in [-0.25, -0.2) is 18.0 Å². The third kappa shape index (κ3) is 8.19. The van der Waals surface area contributed by atoms with E-state index >= 15 is 0 Å². The highest BCUT2D eigenvalue weighted by atomic mass is 35.5. The predicted molar refractivity (Wildman–Crippen MR) is 141 cm³/mol. The highest BCUT2D eigenvalue weighted by Crippen LogP contribution is 2.34. The van der Waals surface area contributed by atoms with Crippen LogP contribution >= 0.6 is 34.5 Å². The van der Waals surface area contributed by atoms with Crippen molar-refractivity contribution in [2.45, 2.75) is 26.2 Å². The van der Waals surface area contributed by atoms with Crippen molar-refractivity contribution in [3.8, 4) is 16.7 Å². The lowest BCUT2D eigenvalue weighted by Crippen LogP contribution is -2.16. The molecule has 38 heavy (non-hydrogen) atoms. The Labute approximate surface area is 230 Å². The van der Waals surface area contributed by atoms with Crippen LogP contribution in [0.4, 0.5) is 13.2 Å². The number of carbonyl (C=O) groups is 1. The number of aromatic hydroxyl groups is 1. The van der Waals surface area contributed by atoms with Gasteiger partial charge in [0.15, 0.2) is 28.4 Å². The molecular weight excluding hydrogens is 568 g/mol. The number of nitrogens with zero attached hydrogens (tertiary/aromatic N) is 1. The number of aryl methyl sites for hydroxylation is 1. The number of hydrogen-bond donors (Lipinski definition) is 2. The van der Waals surface area contributed by atoms with Crippen LogP contribution in [-0.2, 0) is 6.42 Å². The van der Waals surface area contributed by atoms with Crippen LogP contribution in [0.25, 0.3) is 6.08 Å². The normalized spacial score (nSPS) is 11.4. The van der Waals surface area contributed by atoms with Crippen molar-refractivity contribution >= 4 is 46.4 Å². The van der Waals surface area contributed by atoms with Crippen LogP contribution in [0.2, 0.25) is 5.15 Å². The molecule has 0 saturated heterocycles.